The van der Waals surface area contributed by atoms with Crippen LogP contribution < -0.4 is 5.32 Å². The molecule has 0 radical (unpaired) electrons. The van der Waals surface area contributed by atoms with Gasteiger partial charge in [-0.05, 0) is 37.0 Å². The monoisotopic (exact) mass is 246 g/mol. The zero-order valence-electron chi connectivity index (χ0n) is 11.3. The topological polar surface area (TPSA) is 32.3 Å². The number of anilines is 1. The third kappa shape index (κ3) is 3.25. The van der Waals surface area contributed by atoms with E-state index < -0.39 is 0 Å². The number of aryl methyl sites for hydroxylation is 1. The van der Waals surface area contributed by atoms with E-state index in [1.54, 1.807) is 6.92 Å². The van der Waals surface area contributed by atoms with Crippen molar-refractivity contribution in [2.75, 3.05) is 18.4 Å². The number of nitrogens with one attached hydrogen (secondary N) is 1. The highest BCUT2D eigenvalue weighted by atomic mass is 16.2. The van der Waals surface area contributed by atoms with E-state index in [0.717, 1.165) is 32.4 Å². The third-order valence-corrected chi connectivity index (χ3v) is 3.65. The number of hydrogen-bond donors (Lipinski definition) is 1. The minimum atomic E-state index is 0.196. The molecule has 0 aliphatic carbocycles. The van der Waals surface area contributed by atoms with Crippen LogP contribution in [-0.4, -0.2) is 29.9 Å². The summed E-state index contributed by atoms with van der Waals surface area (Å²) in [5.74, 6) is 0.196. The van der Waals surface area contributed by atoms with Gasteiger partial charge in [0.25, 0.3) is 0 Å². The Morgan fingerprint density at radius 2 is 2.11 bits per heavy atom. The Kier molecular flexibility index (Phi) is 4.24. The van der Waals surface area contributed by atoms with Gasteiger partial charge in [-0.3, -0.25) is 4.79 Å². The predicted molar refractivity (Wildman–Crippen MR) is 74.7 cm³/mol. The molecule has 0 spiro atoms. The molecule has 18 heavy (non-hydrogen) atoms. The number of likely N-dealkylation sites (tertiary alicyclic amines) is 1. The molecule has 0 unspecified atom stereocenters. The lowest BCUT2D eigenvalue weighted by molar-refractivity contribution is -0.129. The van der Waals surface area contributed by atoms with Crippen LogP contribution in [0.1, 0.15) is 32.3 Å². The van der Waals surface area contributed by atoms with Crippen molar-refractivity contribution in [2.24, 2.45) is 0 Å². The van der Waals surface area contributed by atoms with Crippen LogP contribution in [0.2, 0.25) is 0 Å². The highest BCUT2D eigenvalue weighted by molar-refractivity contribution is 5.73. The van der Waals surface area contributed by atoms with Gasteiger partial charge in [0.2, 0.25) is 5.91 Å². The average molecular weight is 246 g/mol. The van der Waals surface area contributed by atoms with Gasteiger partial charge in [-0.1, -0.05) is 19.1 Å². The van der Waals surface area contributed by atoms with E-state index in [1.807, 2.05) is 4.90 Å². The maximum Gasteiger partial charge on any atom is 0.219 e. The van der Waals surface area contributed by atoms with Gasteiger partial charge in [-0.15, -0.1) is 0 Å². The molecule has 0 bridgehead atoms. The van der Waals surface area contributed by atoms with Crippen molar-refractivity contribution in [3.63, 3.8) is 0 Å². The molecule has 1 N–H and O–H groups in total. The normalized spacial score (nSPS) is 16.7. The summed E-state index contributed by atoms with van der Waals surface area (Å²) in [6.07, 6.45) is 3.14. The van der Waals surface area contributed by atoms with E-state index in [4.69, 9.17) is 0 Å². The van der Waals surface area contributed by atoms with Crippen molar-refractivity contribution >= 4 is 11.6 Å². The van der Waals surface area contributed by atoms with Crippen LogP contribution >= 0.6 is 0 Å². The largest absolute Gasteiger partial charge is 0.382 e. The quantitative estimate of drug-likeness (QED) is 0.889. The zero-order chi connectivity index (χ0) is 13.0. The highest BCUT2D eigenvalue weighted by Crippen LogP contribution is 2.18. The smallest absolute Gasteiger partial charge is 0.219 e. The number of hydrogen-bond acceptors (Lipinski definition) is 2. The summed E-state index contributed by atoms with van der Waals surface area (Å²) in [5, 5.41) is 3.58. The van der Waals surface area contributed by atoms with Crippen molar-refractivity contribution in [1.29, 1.82) is 0 Å². The zero-order valence-corrected chi connectivity index (χ0v) is 11.3. The van der Waals surface area contributed by atoms with Gasteiger partial charge >= 0.3 is 0 Å². The van der Waals surface area contributed by atoms with Crippen molar-refractivity contribution in [1.82, 2.24) is 4.90 Å². The van der Waals surface area contributed by atoms with E-state index in [0.29, 0.717) is 6.04 Å². The lowest BCUT2D eigenvalue weighted by Gasteiger charge is -2.32. The Morgan fingerprint density at radius 3 is 2.72 bits per heavy atom. The Bertz CT molecular complexity index is 409. The molecule has 0 saturated carbocycles. The second-order valence-corrected chi connectivity index (χ2v) is 4.98. The molecular formula is C15H22N2O. The maximum atomic E-state index is 11.3. The maximum absolute atomic E-state index is 11.3. The number of piperidine rings is 1. The summed E-state index contributed by atoms with van der Waals surface area (Å²) in [7, 11) is 0. The molecule has 98 valence electrons. The van der Waals surface area contributed by atoms with Crippen LogP contribution in [0.15, 0.2) is 24.3 Å². The molecule has 1 saturated heterocycles. The first-order valence-corrected chi connectivity index (χ1v) is 6.80. The fourth-order valence-corrected chi connectivity index (χ4v) is 2.46. The fourth-order valence-electron chi connectivity index (χ4n) is 2.46. The Hall–Kier alpha value is -1.51. The highest BCUT2D eigenvalue weighted by Gasteiger charge is 2.20. The van der Waals surface area contributed by atoms with Crippen LogP contribution in [0, 0.1) is 0 Å². The van der Waals surface area contributed by atoms with Gasteiger partial charge < -0.3 is 10.2 Å². The van der Waals surface area contributed by atoms with Gasteiger partial charge in [0, 0.05) is 31.7 Å². The van der Waals surface area contributed by atoms with Gasteiger partial charge in [0.1, 0.15) is 0 Å². The first kappa shape index (κ1) is 12.9. The van der Waals surface area contributed by atoms with E-state index in [-0.39, 0.29) is 5.91 Å². The lowest BCUT2D eigenvalue weighted by atomic mass is 10.0. The molecule has 1 heterocycles. The molecule has 0 aromatic heterocycles. The summed E-state index contributed by atoms with van der Waals surface area (Å²) < 4.78 is 0. The van der Waals surface area contributed by atoms with Crippen molar-refractivity contribution < 1.29 is 4.79 Å². The Morgan fingerprint density at radius 1 is 1.39 bits per heavy atom. The standard InChI is InChI=1S/C15H22N2O/c1-3-13-5-4-6-15(11-13)16-14-7-9-17(10-8-14)12(2)18/h4-6,11,14,16H,3,7-10H2,1-2H3. The van der Waals surface area contributed by atoms with E-state index in [2.05, 4.69) is 36.5 Å². The summed E-state index contributed by atoms with van der Waals surface area (Å²) in [6.45, 7) is 5.57. The number of amides is 1. The van der Waals surface area contributed by atoms with Crippen LogP contribution in [0.5, 0.6) is 0 Å². The van der Waals surface area contributed by atoms with Gasteiger partial charge in [-0.25, -0.2) is 0 Å². The Balaban J connectivity index is 1.89. The first-order valence-electron chi connectivity index (χ1n) is 6.80. The molecule has 1 aliphatic heterocycles. The summed E-state index contributed by atoms with van der Waals surface area (Å²) in [4.78, 5) is 13.2. The van der Waals surface area contributed by atoms with Crippen LogP contribution in [0.4, 0.5) is 5.69 Å². The molecule has 2 rings (SSSR count). The number of nitrogens with zero attached hydrogens (tertiary/aromatic N) is 1. The molecule has 0 atom stereocenters. The first-order chi connectivity index (χ1) is 8.69. The van der Waals surface area contributed by atoms with Crippen LogP contribution in [-0.2, 0) is 11.2 Å². The van der Waals surface area contributed by atoms with E-state index in [1.165, 1.54) is 11.3 Å². The molecule has 1 aromatic rings. The summed E-state index contributed by atoms with van der Waals surface area (Å²) in [6, 6.07) is 9.09. The molecule has 1 aromatic carbocycles. The predicted octanol–water partition coefficient (Wildman–Crippen LogP) is 2.67. The summed E-state index contributed by atoms with van der Waals surface area (Å²) in [5.41, 5.74) is 2.57. The van der Waals surface area contributed by atoms with Crippen LogP contribution in [0.3, 0.4) is 0 Å². The molecule has 3 heteroatoms. The molecule has 1 amide bonds. The van der Waals surface area contributed by atoms with Gasteiger partial charge in [-0.2, -0.15) is 0 Å². The third-order valence-electron chi connectivity index (χ3n) is 3.65. The molecule has 1 fully saturated rings. The molecule has 1 aliphatic rings. The number of carbonyl (C=O) groups excluding carboxylic acids is 1. The van der Waals surface area contributed by atoms with E-state index >= 15 is 0 Å². The summed E-state index contributed by atoms with van der Waals surface area (Å²) >= 11 is 0. The van der Waals surface area contributed by atoms with Crippen molar-refractivity contribution in [3.8, 4) is 0 Å². The van der Waals surface area contributed by atoms with Gasteiger partial charge in [0.15, 0.2) is 0 Å². The lowest BCUT2D eigenvalue weighted by Crippen LogP contribution is -2.41. The van der Waals surface area contributed by atoms with E-state index in [9.17, 15) is 4.79 Å². The SMILES string of the molecule is CCc1cccc(NC2CCN(C(C)=O)CC2)c1. The molecular weight excluding hydrogens is 224 g/mol. The number of benzene rings is 1. The van der Waals surface area contributed by atoms with Crippen molar-refractivity contribution in [2.45, 2.75) is 39.2 Å². The Labute approximate surface area is 109 Å². The average Bonchev–Trinajstić information content (AvgIpc) is 2.39. The number of carbonyl (C=O) groups is 1. The minimum Gasteiger partial charge on any atom is -0.382 e. The molecule has 3 nitrogen and oxygen atoms in total. The van der Waals surface area contributed by atoms with Gasteiger partial charge in [0.05, 0.1) is 0 Å². The second-order valence-electron chi connectivity index (χ2n) is 4.98. The minimum absolute atomic E-state index is 0.196. The van der Waals surface area contributed by atoms with Crippen molar-refractivity contribution in [3.05, 3.63) is 29.8 Å². The van der Waals surface area contributed by atoms with Crippen LogP contribution in [0.25, 0.3) is 0 Å². The number of rotatable bonds is 3. The fraction of sp³-hybridized carbons (Fsp3) is 0.533. The second kappa shape index (κ2) is 5.89.